The van der Waals surface area contributed by atoms with E-state index in [0.29, 0.717) is 11.5 Å². The third kappa shape index (κ3) is 4.21. The van der Waals surface area contributed by atoms with E-state index in [4.69, 9.17) is 0 Å². The van der Waals surface area contributed by atoms with Crippen molar-refractivity contribution in [3.63, 3.8) is 0 Å². The van der Waals surface area contributed by atoms with Gasteiger partial charge in [0.25, 0.3) is 5.91 Å². The number of halogens is 1. The molecule has 0 aliphatic carbocycles. The topological polar surface area (TPSA) is 60.9 Å². The highest BCUT2D eigenvalue weighted by molar-refractivity contribution is 6.01. The number of amides is 1. The molecule has 174 valence electrons. The smallest absolute Gasteiger partial charge is 0.331 e. The maximum atomic E-state index is 13.7. The largest absolute Gasteiger partial charge is 0.479 e. The number of nitrogens with zero attached hydrogens (tertiary/aromatic N) is 2. The molecule has 1 amide bonds. The number of fused-ring (bicyclic) bond motifs is 1. The fourth-order valence-electron chi connectivity index (χ4n) is 5.13. The second-order valence-electron chi connectivity index (χ2n) is 9.30. The molecular formula is C28H27FN2O3. The Hall–Kier alpha value is -3.51. The number of carboxylic acids is 1. The van der Waals surface area contributed by atoms with Gasteiger partial charge in [0.15, 0.2) is 6.04 Å². The van der Waals surface area contributed by atoms with Gasteiger partial charge in [-0.05, 0) is 84.9 Å². The summed E-state index contributed by atoms with van der Waals surface area (Å²) >= 11 is 0. The number of carbonyl (C=O) groups excluding carboxylic acids is 1. The number of hydrogen-bond donors (Lipinski definition) is 1. The van der Waals surface area contributed by atoms with Crippen molar-refractivity contribution in [3.8, 4) is 11.1 Å². The van der Waals surface area contributed by atoms with Crippen LogP contribution in [0.5, 0.6) is 0 Å². The van der Waals surface area contributed by atoms with Gasteiger partial charge in [0.05, 0.1) is 0 Å². The zero-order valence-corrected chi connectivity index (χ0v) is 19.1. The van der Waals surface area contributed by atoms with Crippen LogP contribution in [-0.4, -0.2) is 46.9 Å². The molecule has 0 bridgehead atoms. The molecule has 2 aliphatic rings. The molecule has 3 aromatic rings. The van der Waals surface area contributed by atoms with Gasteiger partial charge in [0, 0.05) is 12.1 Å². The highest BCUT2D eigenvalue weighted by atomic mass is 19.1. The number of hydrogen-bond acceptors (Lipinski definition) is 3. The minimum absolute atomic E-state index is 0.178. The van der Waals surface area contributed by atoms with E-state index >= 15 is 0 Å². The Morgan fingerprint density at radius 2 is 1.71 bits per heavy atom. The molecule has 1 N–H and O–H groups in total. The van der Waals surface area contributed by atoms with E-state index in [-0.39, 0.29) is 18.0 Å². The summed E-state index contributed by atoms with van der Waals surface area (Å²) in [6.45, 7) is 2.41. The average Bonchev–Trinajstić information content (AvgIpc) is 3.15. The molecule has 1 atom stereocenters. The third-order valence-corrected chi connectivity index (χ3v) is 7.09. The van der Waals surface area contributed by atoms with Crippen molar-refractivity contribution in [1.82, 2.24) is 9.80 Å². The van der Waals surface area contributed by atoms with Gasteiger partial charge < -0.3 is 14.9 Å². The van der Waals surface area contributed by atoms with E-state index in [1.54, 1.807) is 0 Å². The normalized spacial score (nSPS) is 17.6. The SMILES string of the molecule is CN1CCC(c2ccc(-c3ccc4c(c3)C(=O)N(C(C(=O)O)c3cccc(F)c3)C4)cc2)CC1. The van der Waals surface area contributed by atoms with Crippen LogP contribution in [0.2, 0.25) is 0 Å². The van der Waals surface area contributed by atoms with Crippen molar-refractivity contribution in [2.24, 2.45) is 0 Å². The Kier molecular flexibility index (Phi) is 5.92. The molecule has 2 aliphatic heterocycles. The summed E-state index contributed by atoms with van der Waals surface area (Å²) < 4.78 is 13.7. The van der Waals surface area contributed by atoms with Crippen LogP contribution < -0.4 is 0 Å². The Bertz CT molecular complexity index is 1230. The molecule has 5 nitrogen and oxygen atoms in total. The van der Waals surface area contributed by atoms with Crippen molar-refractivity contribution in [2.75, 3.05) is 20.1 Å². The first-order chi connectivity index (χ1) is 16.4. The van der Waals surface area contributed by atoms with Gasteiger partial charge in [-0.15, -0.1) is 0 Å². The van der Waals surface area contributed by atoms with Gasteiger partial charge in [-0.3, -0.25) is 4.79 Å². The zero-order chi connectivity index (χ0) is 23.8. The number of rotatable bonds is 5. The van der Waals surface area contributed by atoms with Crippen LogP contribution in [-0.2, 0) is 11.3 Å². The zero-order valence-electron chi connectivity index (χ0n) is 19.1. The van der Waals surface area contributed by atoms with Crippen LogP contribution in [0.4, 0.5) is 4.39 Å². The molecule has 2 heterocycles. The summed E-state index contributed by atoms with van der Waals surface area (Å²) in [6, 6.07) is 18.4. The van der Waals surface area contributed by atoms with Gasteiger partial charge in [-0.25, -0.2) is 9.18 Å². The highest BCUT2D eigenvalue weighted by Crippen LogP contribution is 2.35. The lowest BCUT2D eigenvalue weighted by atomic mass is 9.88. The summed E-state index contributed by atoms with van der Waals surface area (Å²) in [7, 11) is 2.16. The lowest BCUT2D eigenvalue weighted by Gasteiger charge is -2.29. The molecule has 1 saturated heterocycles. The predicted octanol–water partition coefficient (Wildman–Crippen LogP) is 5.08. The van der Waals surface area contributed by atoms with Crippen LogP contribution in [0.3, 0.4) is 0 Å². The number of benzene rings is 3. The van der Waals surface area contributed by atoms with E-state index < -0.39 is 17.8 Å². The average molecular weight is 459 g/mol. The van der Waals surface area contributed by atoms with Gasteiger partial charge in [-0.1, -0.05) is 48.5 Å². The van der Waals surface area contributed by atoms with E-state index in [0.717, 1.165) is 42.6 Å². The lowest BCUT2D eigenvalue weighted by Crippen LogP contribution is -2.34. The molecule has 1 unspecified atom stereocenters. The molecule has 0 saturated carbocycles. The standard InChI is InChI=1S/C28H27FN2O3/c1-30-13-11-20(12-14-30)18-5-7-19(8-6-18)21-9-10-23-17-31(27(32)25(23)16-21)26(28(33)34)22-3-2-4-24(29)15-22/h2-10,15-16,20,26H,11-14,17H2,1H3,(H,33,34). The summed E-state index contributed by atoms with van der Waals surface area (Å²) in [5.41, 5.74) is 4.81. The Morgan fingerprint density at radius 1 is 1.00 bits per heavy atom. The highest BCUT2D eigenvalue weighted by Gasteiger charge is 2.37. The molecule has 34 heavy (non-hydrogen) atoms. The molecule has 1 fully saturated rings. The van der Waals surface area contributed by atoms with E-state index in [9.17, 15) is 19.1 Å². The van der Waals surface area contributed by atoms with Gasteiger partial charge >= 0.3 is 5.97 Å². The predicted molar refractivity (Wildman–Crippen MR) is 128 cm³/mol. The van der Waals surface area contributed by atoms with Crippen molar-refractivity contribution >= 4 is 11.9 Å². The van der Waals surface area contributed by atoms with Crippen LogP contribution >= 0.6 is 0 Å². The monoisotopic (exact) mass is 458 g/mol. The Labute approximate surface area is 198 Å². The van der Waals surface area contributed by atoms with E-state index in [1.807, 2.05) is 18.2 Å². The minimum atomic E-state index is -1.24. The molecule has 3 aromatic carbocycles. The van der Waals surface area contributed by atoms with Crippen molar-refractivity contribution < 1.29 is 19.1 Å². The van der Waals surface area contributed by atoms with Crippen molar-refractivity contribution in [1.29, 1.82) is 0 Å². The number of carboxylic acid groups (broad SMARTS) is 1. The fraction of sp³-hybridized carbons (Fsp3) is 0.286. The maximum Gasteiger partial charge on any atom is 0.331 e. The first-order valence-corrected chi connectivity index (χ1v) is 11.6. The summed E-state index contributed by atoms with van der Waals surface area (Å²) in [4.78, 5) is 28.9. The summed E-state index contributed by atoms with van der Waals surface area (Å²) in [5, 5.41) is 9.84. The second kappa shape index (κ2) is 9.03. The van der Waals surface area contributed by atoms with Crippen molar-refractivity contribution in [2.45, 2.75) is 31.3 Å². The van der Waals surface area contributed by atoms with Gasteiger partial charge in [-0.2, -0.15) is 0 Å². The number of likely N-dealkylation sites (tertiary alicyclic amines) is 1. The maximum absolute atomic E-state index is 13.7. The van der Waals surface area contributed by atoms with Crippen LogP contribution in [0.1, 0.15) is 51.8 Å². The minimum Gasteiger partial charge on any atom is -0.479 e. The molecule has 0 aromatic heterocycles. The second-order valence-corrected chi connectivity index (χ2v) is 9.30. The summed E-state index contributed by atoms with van der Waals surface area (Å²) in [5.74, 6) is -1.48. The van der Waals surface area contributed by atoms with Gasteiger partial charge in [0.2, 0.25) is 0 Å². The van der Waals surface area contributed by atoms with E-state index in [1.165, 1.54) is 34.7 Å². The van der Waals surface area contributed by atoms with E-state index in [2.05, 4.69) is 36.2 Å². The number of carbonyl (C=O) groups is 2. The van der Waals surface area contributed by atoms with Crippen LogP contribution in [0.15, 0.2) is 66.7 Å². The van der Waals surface area contributed by atoms with Gasteiger partial charge in [0.1, 0.15) is 5.82 Å². The molecule has 0 spiro atoms. The first-order valence-electron chi connectivity index (χ1n) is 11.6. The Balaban J connectivity index is 1.38. The first kappa shape index (κ1) is 22.3. The quantitative estimate of drug-likeness (QED) is 0.579. The summed E-state index contributed by atoms with van der Waals surface area (Å²) in [6.07, 6.45) is 2.32. The fourth-order valence-corrected chi connectivity index (χ4v) is 5.13. The lowest BCUT2D eigenvalue weighted by molar-refractivity contribution is -0.142. The van der Waals surface area contributed by atoms with Crippen molar-refractivity contribution in [3.05, 3.63) is 94.8 Å². The number of aliphatic carboxylic acids is 1. The number of piperidine rings is 1. The van der Waals surface area contributed by atoms with Crippen LogP contribution in [0, 0.1) is 5.82 Å². The molecular weight excluding hydrogens is 431 g/mol. The molecule has 6 heteroatoms. The Morgan fingerprint density at radius 3 is 2.38 bits per heavy atom. The van der Waals surface area contributed by atoms with Crippen LogP contribution in [0.25, 0.3) is 11.1 Å². The molecule has 5 rings (SSSR count). The molecule has 0 radical (unpaired) electrons. The third-order valence-electron chi connectivity index (χ3n) is 7.09.